The van der Waals surface area contributed by atoms with Crippen molar-refractivity contribution in [3.8, 4) is 0 Å². The summed E-state index contributed by atoms with van der Waals surface area (Å²) in [5.41, 5.74) is 0. The molecule has 1 atom stereocenters. The van der Waals surface area contributed by atoms with Gasteiger partial charge in [-0.05, 0) is 0 Å². The highest BCUT2D eigenvalue weighted by Crippen LogP contribution is 2.10. The number of hydrogen-bond donors (Lipinski definition) is 1. The van der Waals surface area contributed by atoms with E-state index in [9.17, 15) is 14.4 Å². The van der Waals surface area contributed by atoms with Gasteiger partial charge in [0.1, 0.15) is 6.61 Å². The van der Waals surface area contributed by atoms with Gasteiger partial charge in [-0.2, -0.15) is 0 Å². The molecule has 0 saturated carbocycles. The maximum atomic E-state index is 11.3. The highest BCUT2D eigenvalue weighted by Gasteiger charge is 2.29. The number of rotatable bonds is 7. The Labute approximate surface area is 105 Å². The van der Waals surface area contributed by atoms with Gasteiger partial charge in [0.15, 0.2) is 0 Å². The van der Waals surface area contributed by atoms with E-state index in [1.807, 2.05) is 0 Å². The minimum absolute atomic E-state index is 0.157. The Hall–Kier alpha value is -1.63. The summed E-state index contributed by atoms with van der Waals surface area (Å²) in [5, 5.41) is 2.91. The van der Waals surface area contributed by atoms with Crippen molar-refractivity contribution in [1.82, 2.24) is 5.32 Å². The van der Waals surface area contributed by atoms with Gasteiger partial charge in [-0.3, -0.25) is 9.59 Å². The summed E-state index contributed by atoms with van der Waals surface area (Å²) in [6.07, 6.45) is -0.174. The van der Waals surface area contributed by atoms with Gasteiger partial charge in [-0.1, -0.05) is 0 Å². The number of esters is 3. The Morgan fingerprint density at radius 1 is 1.44 bits per heavy atom. The van der Waals surface area contributed by atoms with Crippen molar-refractivity contribution in [2.75, 3.05) is 26.3 Å². The number of cyclic esters (lactones) is 1. The third kappa shape index (κ3) is 5.62. The van der Waals surface area contributed by atoms with Crippen LogP contribution in [0.15, 0.2) is 0 Å². The molecule has 1 unspecified atom stereocenters. The molecule has 18 heavy (non-hydrogen) atoms. The second-order valence-corrected chi connectivity index (χ2v) is 3.77. The summed E-state index contributed by atoms with van der Waals surface area (Å²) in [4.78, 5) is 32.8. The molecule has 1 aliphatic heterocycles. The van der Waals surface area contributed by atoms with E-state index in [4.69, 9.17) is 9.47 Å². The number of hydrogen-bond acceptors (Lipinski definition) is 7. The predicted molar refractivity (Wildman–Crippen MR) is 59.6 cm³/mol. The van der Waals surface area contributed by atoms with E-state index in [0.717, 1.165) is 0 Å². The maximum Gasteiger partial charge on any atom is 0.347 e. The van der Waals surface area contributed by atoms with Gasteiger partial charge >= 0.3 is 17.9 Å². The van der Waals surface area contributed by atoms with Crippen LogP contribution in [0.2, 0.25) is 0 Å². The first kappa shape index (κ1) is 14.4. The van der Waals surface area contributed by atoms with E-state index in [1.165, 1.54) is 6.92 Å². The Balaban J connectivity index is 2.00. The fraction of sp³-hybridized carbons (Fsp3) is 0.727. The molecule has 1 saturated heterocycles. The normalized spacial score (nSPS) is 18.3. The van der Waals surface area contributed by atoms with Crippen LogP contribution >= 0.6 is 0 Å². The first-order valence-corrected chi connectivity index (χ1v) is 5.80. The zero-order valence-electron chi connectivity index (χ0n) is 10.3. The summed E-state index contributed by atoms with van der Waals surface area (Å²) in [7, 11) is 0. The minimum Gasteiger partial charge on any atom is -0.465 e. The Kier molecular flexibility index (Phi) is 6.13. The van der Waals surface area contributed by atoms with Crippen LogP contribution in [-0.4, -0.2) is 50.3 Å². The number of carbonyl (C=O) groups is 3. The standard InChI is InChI=1S/C11H17NO6/c1-8(13)16-7-5-12-4-2-10(14)18-9-3-6-17-11(9)15/h9,12H,2-7H2,1H3. The SMILES string of the molecule is CC(=O)OCCNCCC(=O)OC1CCOC1=O. The van der Waals surface area contributed by atoms with Crippen LogP contribution in [-0.2, 0) is 28.6 Å². The molecule has 0 amide bonds. The van der Waals surface area contributed by atoms with E-state index in [2.05, 4.69) is 10.1 Å². The van der Waals surface area contributed by atoms with E-state index < -0.39 is 18.0 Å². The van der Waals surface area contributed by atoms with Gasteiger partial charge in [0.2, 0.25) is 6.10 Å². The van der Waals surface area contributed by atoms with Crippen molar-refractivity contribution in [2.45, 2.75) is 25.9 Å². The fourth-order valence-corrected chi connectivity index (χ4v) is 1.38. The molecule has 0 aromatic rings. The molecule has 102 valence electrons. The van der Waals surface area contributed by atoms with E-state index in [-0.39, 0.29) is 19.0 Å². The van der Waals surface area contributed by atoms with Gasteiger partial charge in [-0.25, -0.2) is 4.79 Å². The van der Waals surface area contributed by atoms with Crippen molar-refractivity contribution in [3.05, 3.63) is 0 Å². The quantitative estimate of drug-likeness (QED) is 0.370. The fourth-order valence-electron chi connectivity index (χ4n) is 1.38. The smallest absolute Gasteiger partial charge is 0.347 e. The topological polar surface area (TPSA) is 90.9 Å². The largest absolute Gasteiger partial charge is 0.465 e. The second kappa shape index (κ2) is 7.65. The minimum atomic E-state index is -0.751. The van der Waals surface area contributed by atoms with Gasteiger partial charge < -0.3 is 19.5 Å². The molecular weight excluding hydrogens is 242 g/mol. The average molecular weight is 259 g/mol. The molecule has 0 radical (unpaired) electrons. The molecule has 0 aromatic heterocycles. The van der Waals surface area contributed by atoms with Crippen LogP contribution in [0.3, 0.4) is 0 Å². The molecule has 7 nitrogen and oxygen atoms in total. The highest BCUT2D eigenvalue weighted by molar-refractivity contribution is 5.80. The van der Waals surface area contributed by atoms with Crippen molar-refractivity contribution in [2.24, 2.45) is 0 Å². The molecule has 0 aliphatic carbocycles. The number of ether oxygens (including phenoxy) is 3. The van der Waals surface area contributed by atoms with E-state index in [1.54, 1.807) is 0 Å². The average Bonchev–Trinajstić information content (AvgIpc) is 2.69. The molecule has 1 heterocycles. The molecular formula is C11H17NO6. The monoisotopic (exact) mass is 259 g/mol. The van der Waals surface area contributed by atoms with Gasteiger partial charge in [0.05, 0.1) is 13.0 Å². The second-order valence-electron chi connectivity index (χ2n) is 3.77. The molecule has 0 bridgehead atoms. The van der Waals surface area contributed by atoms with Crippen LogP contribution < -0.4 is 5.32 Å². The molecule has 1 rings (SSSR count). The van der Waals surface area contributed by atoms with Crippen molar-refractivity contribution >= 4 is 17.9 Å². The molecule has 7 heteroatoms. The van der Waals surface area contributed by atoms with Crippen molar-refractivity contribution in [3.63, 3.8) is 0 Å². The third-order valence-corrected chi connectivity index (χ3v) is 2.25. The molecule has 1 aliphatic rings. The van der Waals surface area contributed by atoms with Crippen molar-refractivity contribution < 1.29 is 28.6 Å². The zero-order valence-corrected chi connectivity index (χ0v) is 10.3. The Morgan fingerprint density at radius 2 is 2.22 bits per heavy atom. The van der Waals surface area contributed by atoms with E-state index in [0.29, 0.717) is 26.1 Å². The van der Waals surface area contributed by atoms with Gasteiger partial charge in [0.25, 0.3) is 0 Å². The molecule has 1 N–H and O–H groups in total. The lowest BCUT2D eigenvalue weighted by Crippen LogP contribution is -2.27. The zero-order chi connectivity index (χ0) is 13.4. The van der Waals surface area contributed by atoms with E-state index >= 15 is 0 Å². The lowest BCUT2D eigenvalue weighted by Gasteiger charge is -2.08. The van der Waals surface area contributed by atoms with Gasteiger partial charge in [0, 0.05) is 26.4 Å². The maximum absolute atomic E-state index is 11.3. The summed E-state index contributed by atoms with van der Waals surface area (Å²) < 4.78 is 14.3. The van der Waals surface area contributed by atoms with Crippen molar-refractivity contribution in [1.29, 1.82) is 0 Å². The van der Waals surface area contributed by atoms with Crippen LogP contribution in [0.4, 0.5) is 0 Å². The first-order chi connectivity index (χ1) is 8.59. The van der Waals surface area contributed by atoms with Crippen LogP contribution in [0, 0.1) is 0 Å². The van der Waals surface area contributed by atoms with Gasteiger partial charge in [-0.15, -0.1) is 0 Å². The third-order valence-electron chi connectivity index (χ3n) is 2.25. The lowest BCUT2D eigenvalue weighted by molar-refractivity contribution is -0.160. The Bertz CT molecular complexity index is 317. The molecule has 0 aromatic carbocycles. The summed E-state index contributed by atoms with van der Waals surface area (Å²) in [6, 6.07) is 0. The predicted octanol–water partition coefficient (Wildman–Crippen LogP) is -0.612. The molecule has 0 spiro atoms. The summed E-state index contributed by atoms with van der Waals surface area (Å²) in [5.74, 6) is -1.26. The Morgan fingerprint density at radius 3 is 2.83 bits per heavy atom. The highest BCUT2D eigenvalue weighted by atomic mass is 16.6. The van der Waals surface area contributed by atoms with Crippen LogP contribution in [0.25, 0.3) is 0 Å². The molecule has 1 fully saturated rings. The number of carbonyl (C=O) groups excluding carboxylic acids is 3. The van der Waals surface area contributed by atoms with Crippen LogP contribution in [0.5, 0.6) is 0 Å². The lowest BCUT2D eigenvalue weighted by atomic mass is 10.3. The first-order valence-electron chi connectivity index (χ1n) is 5.80. The summed E-state index contributed by atoms with van der Waals surface area (Å²) >= 11 is 0. The summed E-state index contributed by atoms with van der Waals surface area (Å²) in [6.45, 7) is 2.77. The van der Waals surface area contributed by atoms with Crippen LogP contribution in [0.1, 0.15) is 19.8 Å². The number of nitrogens with one attached hydrogen (secondary N) is 1.